The fourth-order valence-electron chi connectivity index (χ4n) is 2.11. The van der Waals surface area contributed by atoms with Crippen molar-refractivity contribution in [2.24, 2.45) is 7.05 Å². The van der Waals surface area contributed by atoms with E-state index in [9.17, 15) is 10.1 Å². The van der Waals surface area contributed by atoms with Gasteiger partial charge in [0.25, 0.3) is 5.69 Å². The molecule has 0 atom stereocenters. The normalized spacial score (nSPS) is 10.7. The van der Waals surface area contributed by atoms with Gasteiger partial charge in [-0.3, -0.25) is 19.8 Å². The Balaban J connectivity index is 1.98. The van der Waals surface area contributed by atoms with E-state index < -0.39 is 4.92 Å². The molecule has 8 heteroatoms. The Bertz CT molecular complexity index is 813. The van der Waals surface area contributed by atoms with Gasteiger partial charge in [0, 0.05) is 19.3 Å². The average molecular weight is 284 g/mol. The Labute approximate surface area is 119 Å². The molecule has 0 bridgehead atoms. The molecule has 0 spiro atoms. The van der Waals surface area contributed by atoms with Crippen molar-refractivity contribution in [1.29, 1.82) is 0 Å². The summed E-state index contributed by atoms with van der Waals surface area (Å²) >= 11 is 0. The largest absolute Gasteiger partial charge is 0.376 e. The fourth-order valence-corrected chi connectivity index (χ4v) is 2.11. The summed E-state index contributed by atoms with van der Waals surface area (Å²) < 4.78 is 1.66. The van der Waals surface area contributed by atoms with Crippen molar-refractivity contribution in [2.75, 3.05) is 5.32 Å². The molecule has 3 rings (SSSR count). The SMILES string of the molecule is Cn1ncnc1CNc1ccc([N+](=O)[O-])c2cccnc12. The Kier molecular flexibility index (Phi) is 3.19. The van der Waals surface area contributed by atoms with Crippen molar-refractivity contribution in [3.05, 3.63) is 52.7 Å². The van der Waals surface area contributed by atoms with Gasteiger partial charge in [-0.15, -0.1) is 0 Å². The lowest BCUT2D eigenvalue weighted by Crippen LogP contribution is -2.07. The van der Waals surface area contributed by atoms with Crippen LogP contribution >= 0.6 is 0 Å². The first-order valence-corrected chi connectivity index (χ1v) is 6.25. The number of hydrogen-bond donors (Lipinski definition) is 1. The Morgan fingerprint density at radius 1 is 1.33 bits per heavy atom. The van der Waals surface area contributed by atoms with Gasteiger partial charge in [0.05, 0.1) is 22.5 Å². The molecule has 8 nitrogen and oxygen atoms in total. The summed E-state index contributed by atoms with van der Waals surface area (Å²) in [5.41, 5.74) is 1.33. The van der Waals surface area contributed by atoms with Gasteiger partial charge >= 0.3 is 0 Å². The Morgan fingerprint density at radius 3 is 2.90 bits per heavy atom. The zero-order chi connectivity index (χ0) is 14.8. The molecule has 0 aliphatic heterocycles. The summed E-state index contributed by atoms with van der Waals surface area (Å²) in [6.07, 6.45) is 3.09. The third-order valence-electron chi connectivity index (χ3n) is 3.19. The zero-order valence-electron chi connectivity index (χ0n) is 11.2. The van der Waals surface area contributed by atoms with Crippen molar-refractivity contribution >= 4 is 22.3 Å². The number of aryl methyl sites for hydroxylation is 1. The third-order valence-corrected chi connectivity index (χ3v) is 3.19. The summed E-state index contributed by atoms with van der Waals surface area (Å²) in [5.74, 6) is 0.762. The smallest absolute Gasteiger partial charge is 0.278 e. The van der Waals surface area contributed by atoms with Crippen molar-refractivity contribution in [2.45, 2.75) is 6.54 Å². The number of hydrogen-bond acceptors (Lipinski definition) is 6. The van der Waals surface area contributed by atoms with Crippen molar-refractivity contribution in [1.82, 2.24) is 19.7 Å². The minimum atomic E-state index is -0.406. The van der Waals surface area contributed by atoms with Crippen LogP contribution in [0, 0.1) is 10.1 Å². The number of anilines is 1. The van der Waals surface area contributed by atoms with E-state index in [1.54, 1.807) is 36.1 Å². The number of fused-ring (bicyclic) bond motifs is 1. The molecule has 0 saturated carbocycles. The Hall–Kier alpha value is -3.03. The van der Waals surface area contributed by atoms with Crippen molar-refractivity contribution < 1.29 is 4.92 Å². The molecule has 0 radical (unpaired) electrons. The number of nitrogens with one attached hydrogen (secondary N) is 1. The molecular weight excluding hydrogens is 272 g/mol. The first-order chi connectivity index (χ1) is 10.2. The van der Waals surface area contributed by atoms with E-state index in [0.717, 1.165) is 11.5 Å². The number of benzene rings is 1. The second-order valence-corrected chi connectivity index (χ2v) is 4.44. The van der Waals surface area contributed by atoms with Gasteiger partial charge in [-0.2, -0.15) is 5.10 Å². The minimum absolute atomic E-state index is 0.0438. The lowest BCUT2D eigenvalue weighted by molar-refractivity contribution is -0.383. The van der Waals surface area contributed by atoms with Gasteiger partial charge in [-0.25, -0.2) is 4.98 Å². The van der Waals surface area contributed by atoms with Crippen LogP contribution in [0.3, 0.4) is 0 Å². The topological polar surface area (TPSA) is 98.8 Å². The molecule has 0 amide bonds. The molecule has 0 aliphatic carbocycles. The third kappa shape index (κ3) is 2.38. The molecule has 2 heterocycles. The maximum Gasteiger partial charge on any atom is 0.278 e. The molecule has 0 saturated heterocycles. The van der Waals surface area contributed by atoms with E-state index in [1.165, 1.54) is 12.4 Å². The zero-order valence-corrected chi connectivity index (χ0v) is 11.2. The van der Waals surface area contributed by atoms with E-state index >= 15 is 0 Å². The minimum Gasteiger partial charge on any atom is -0.376 e. The number of aromatic nitrogens is 4. The van der Waals surface area contributed by atoms with Crippen LogP contribution in [0.1, 0.15) is 5.82 Å². The first kappa shape index (κ1) is 13.0. The summed E-state index contributed by atoms with van der Waals surface area (Å²) in [6.45, 7) is 0.458. The molecule has 0 unspecified atom stereocenters. The predicted octanol–water partition coefficient (Wildman–Crippen LogP) is 1.88. The summed E-state index contributed by atoms with van der Waals surface area (Å²) in [7, 11) is 1.80. The number of pyridine rings is 1. The fraction of sp³-hybridized carbons (Fsp3) is 0.154. The molecule has 106 valence electrons. The quantitative estimate of drug-likeness (QED) is 0.580. The highest BCUT2D eigenvalue weighted by molar-refractivity contribution is 5.96. The predicted molar refractivity (Wildman–Crippen MR) is 76.7 cm³/mol. The summed E-state index contributed by atoms with van der Waals surface area (Å²) in [4.78, 5) is 19.0. The van der Waals surface area contributed by atoms with Crippen LogP contribution in [0.15, 0.2) is 36.8 Å². The van der Waals surface area contributed by atoms with Gasteiger partial charge in [-0.1, -0.05) is 0 Å². The number of nitro groups is 1. The van der Waals surface area contributed by atoms with Crippen molar-refractivity contribution in [3.8, 4) is 0 Å². The number of nitro benzene ring substituents is 1. The molecule has 1 aromatic carbocycles. The highest BCUT2D eigenvalue weighted by Crippen LogP contribution is 2.29. The standard InChI is InChI=1S/C13H12N6O2/c1-18-12(16-8-17-18)7-15-10-4-5-11(19(20)21)9-3-2-6-14-13(9)10/h2-6,8,15H,7H2,1H3. The van der Waals surface area contributed by atoms with Gasteiger partial charge < -0.3 is 5.32 Å². The lowest BCUT2D eigenvalue weighted by atomic mass is 10.1. The molecular formula is C13H12N6O2. The number of rotatable bonds is 4. The maximum atomic E-state index is 11.1. The van der Waals surface area contributed by atoms with E-state index in [0.29, 0.717) is 17.4 Å². The molecule has 0 aliphatic rings. The van der Waals surface area contributed by atoms with Gasteiger partial charge in [-0.05, 0) is 18.2 Å². The van der Waals surface area contributed by atoms with E-state index in [2.05, 4.69) is 20.4 Å². The van der Waals surface area contributed by atoms with E-state index in [-0.39, 0.29) is 5.69 Å². The molecule has 0 fully saturated rings. The first-order valence-electron chi connectivity index (χ1n) is 6.25. The van der Waals surface area contributed by atoms with Crippen molar-refractivity contribution in [3.63, 3.8) is 0 Å². The average Bonchev–Trinajstić information content (AvgIpc) is 2.89. The van der Waals surface area contributed by atoms with Gasteiger partial charge in [0.15, 0.2) is 0 Å². The van der Waals surface area contributed by atoms with Crippen LogP contribution in [0.5, 0.6) is 0 Å². The van der Waals surface area contributed by atoms with Crippen LogP contribution in [0.2, 0.25) is 0 Å². The van der Waals surface area contributed by atoms with Crippen LogP contribution in [-0.2, 0) is 13.6 Å². The number of nitrogens with zero attached hydrogens (tertiary/aromatic N) is 5. The van der Waals surface area contributed by atoms with Crippen LogP contribution in [0.4, 0.5) is 11.4 Å². The van der Waals surface area contributed by atoms with E-state index in [1.807, 2.05) is 0 Å². The van der Waals surface area contributed by atoms with Gasteiger partial charge in [0.1, 0.15) is 17.7 Å². The second-order valence-electron chi connectivity index (χ2n) is 4.44. The summed E-state index contributed by atoms with van der Waals surface area (Å²) in [6, 6.07) is 6.50. The van der Waals surface area contributed by atoms with E-state index in [4.69, 9.17) is 0 Å². The van der Waals surface area contributed by atoms with Crippen LogP contribution in [-0.4, -0.2) is 24.7 Å². The van der Waals surface area contributed by atoms with Gasteiger partial charge in [0.2, 0.25) is 0 Å². The lowest BCUT2D eigenvalue weighted by Gasteiger charge is -2.08. The maximum absolute atomic E-state index is 11.1. The summed E-state index contributed by atoms with van der Waals surface area (Å²) in [5, 5.41) is 18.7. The molecule has 1 N–H and O–H groups in total. The highest BCUT2D eigenvalue weighted by Gasteiger charge is 2.15. The molecule has 2 aromatic heterocycles. The van der Waals surface area contributed by atoms with Crippen LogP contribution < -0.4 is 5.32 Å². The van der Waals surface area contributed by atoms with Crippen LogP contribution in [0.25, 0.3) is 10.9 Å². The Morgan fingerprint density at radius 2 is 2.19 bits per heavy atom. The monoisotopic (exact) mass is 284 g/mol. The highest BCUT2D eigenvalue weighted by atomic mass is 16.6. The molecule has 3 aromatic rings. The number of non-ortho nitro benzene ring substituents is 1. The second kappa shape index (κ2) is 5.16. The molecule has 21 heavy (non-hydrogen) atoms.